The molecule has 0 aliphatic carbocycles. The summed E-state index contributed by atoms with van der Waals surface area (Å²) in [5.41, 5.74) is 1.63. The third-order valence-electron chi connectivity index (χ3n) is 2.82. The van der Waals surface area contributed by atoms with Crippen LogP contribution in [0.15, 0.2) is 30.6 Å². The van der Waals surface area contributed by atoms with Crippen molar-refractivity contribution in [3.05, 3.63) is 36.2 Å². The Morgan fingerprint density at radius 2 is 1.60 bits per heavy atom. The summed E-state index contributed by atoms with van der Waals surface area (Å²) in [6.07, 6.45) is 1.41. The third kappa shape index (κ3) is 2.90. The molecule has 0 bridgehead atoms. The second-order valence-electron chi connectivity index (χ2n) is 3.92. The summed E-state index contributed by atoms with van der Waals surface area (Å²) in [4.78, 5) is 8.15. The highest BCUT2D eigenvalue weighted by Crippen LogP contribution is 2.27. The molecule has 0 saturated heterocycles. The highest BCUT2D eigenvalue weighted by molar-refractivity contribution is 5.56. The van der Waals surface area contributed by atoms with Gasteiger partial charge in [-0.25, -0.2) is 9.97 Å². The Labute approximate surface area is 117 Å². The average molecular weight is 275 g/mol. The van der Waals surface area contributed by atoms with Crippen LogP contribution in [0.2, 0.25) is 0 Å². The molecular weight excluding hydrogens is 258 g/mol. The molecule has 0 fully saturated rings. The highest BCUT2D eigenvalue weighted by atomic mass is 16.5. The minimum Gasteiger partial charge on any atom is -0.495 e. The lowest BCUT2D eigenvalue weighted by atomic mass is 10.2. The molecule has 0 aliphatic heterocycles. The van der Waals surface area contributed by atoms with Crippen LogP contribution in [0, 0.1) is 0 Å². The molecule has 2 aromatic rings. The summed E-state index contributed by atoms with van der Waals surface area (Å²) in [5, 5.41) is 3.26. The van der Waals surface area contributed by atoms with Gasteiger partial charge in [0.05, 0.1) is 39.1 Å². The molecule has 1 aromatic heterocycles. The summed E-state index contributed by atoms with van der Waals surface area (Å²) in [6.45, 7) is 0.466. The first-order chi connectivity index (χ1) is 9.80. The van der Waals surface area contributed by atoms with Crippen molar-refractivity contribution < 1.29 is 14.2 Å². The van der Waals surface area contributed by atoms with E-state index in [2.05, 4.69) is 15.3 Å². The van der Waals surface area contributed by atoms with Gasteiger partial charge in [-0.2, -0.15) is 0 Å². The molecule has 0 amide bonds. The number of rotatable bonds is 6. The summed E-state index contributed by atoms with van der Waals surface area (Å²) >= 11 is 0. The molecule has 1 N–H and O–H groups in total. The van der Waals surface area contributed by atoms with Crippen LogP contribution in [0.5, 0.6) is 17.5 Å². The van der Waals surface area contributed by atoms with Gasteiger partial charge in [-0.3, -0.25) is 0 Å². The van der Waals surface area contributed by atoms with Gasteiger partial charge in [0.1, 0.15) is 12.1 Å². The summed E-state index contributed by atoms with van der Waals surface area (Å²) in [6, 6.07) is 7.66. The van der Waals surface area contributed by atoms with Gasteiger partial charge in [-0.15, -0.1) is 0 Å². The Morgan fingerprint density at radius 1 is 0.950 bits per heavy atom. The van der Waals surface area contributed by atoms with E-state index in [1.807, 2.05) is 24.3 Å². The van der Waals surface area contributed by atoms with Gasteiger partial charge in [0.15, 0.2) is 0 Å². The smallest absolute Gasteiger partial charge is 0.225 e. The molecule has 0 spiro atoms. The first kappa shape index (κ1) is 13.9. The molecule has 20 heavy (non-hydrogen) atoms. The number of aromatic nitrogens is 2. The Bertz CT molecular complexity index is 553. The van der Waals surface area contributed by atoms with Gasteiger partial charge >= 0.3 is 0 Å². The number of anilines is 1. The van der Waals surface area contributed by atoms with Gasteiger partial charge < -0.3 is 19.5 Å². The van der Waals surface area contributed by atoms with Crippen molar-refractivity contribution in [1.82, 2.24) is 9.97 Å². The number of methoxy groups -OCH3 is 3. The zero-order chi connectivity index (χ0) is 14.4. The number of hydrogen-bond donors (Lipinski definition) is 1. The Hall–Kier alpha value is -2.50. The molecule has 0 radical (unpaired) electrons. The van der Waals surface area contributed by atoms with E-state index in [1.54, 1.807) is 21.3 Å². The van der Waals surface area contributed by atoms with E-state index in [4.69, 9.17) is 14.2 Å². The van der Waals surface area contributed by atoms with Gasteiger partial charge in [0.2, 0.25) is 11.8 Å². The fourth-order valence-corrected chi connectivity index (χ4v) is 1.86. The van der Waals surface area contributed by atoms with Crippen molar-refractivity contribution in [2.45, 2.75) is 6.54 Å². The molecule has 6 nitrogen and oxygen atoms in total. The van der Waals surface area contributed by atoms with E-state index in [9.17, 15) is 0 Å². The summed E-state index contributed by atoms with van der Waals surface area (Å²) < 4.78 is 15.8. The predicted molar refractivity (Wildman–Crippen MR) is 75.5 cm³/mol. The molecule has 1 aromatic carbocycles. The van der Waals surface area contributed by atoms with E-state index in [0.29, 0.717) is 18.3 Å². The van der Waals surface area contributed by atoms with Crippen molar-refractivity contribution >= 4 is 5.69 Å². The second kappa shape index (κ2) is 6.60. The van der Waals surface area contributed by atoms with Gasteiger partial charge in [0, 0.05) is 0 Å². The van der Waals surface area contributed by atoms with E-state index < -0.39 is 0 Å². The third-order valence-corrected chi connectivity index (χ3v) is 2.82. The number of benzene rings is 1. The van der Waals surface area contributed by atoms with E-state index in [-0.39, 0.29) is 0 Å². The molecular formula is C14H17N3O3. The fraction of sp³-hybridized carbons (Fsp3) is 0.286. The maximum atomic E-state index is 5.29. The van der Waals surface area contributed by atoms with Crippen LogP contribution in [-0.4, -0.2) is 31.3 Å². The first-order valence-corrected chi connectivity index (χ1v) is 6.09. The van der Waals surface area contributed by atoms with Crippen LogP contribution in [0.25, 0.3) is 0 Å². The van der Waals surface area contributed by atoms with Crippen LogP contribution < -0.4 is 19.5 Å². The second-order valence-corrected chi connectivity index (χ2v) is 3.92. The standard InChI is InChI=1S/C14H17N3O3/c1-18-12-7-5-4-6-11(12)15-8-10-13(19-2)16-9-17-14(10)20-3/h4-7,9,15H,8H2,1-3H3. The highest BCUT2D eigenvalue weighted by Gasteiger charge is 2.13. The summed E-state index contributed by atoms with van der Waals surface area (Å²) in [5.74, 6) is 1.74. The maximum absolute atomic E-state index is 5.29. The molecule has 106 valence electrons. The minimum absolute atomic E-state index is 0.466. The molecule has 0 aliphatic rings. The van der Waals surface area contributed by atoms with Crippen LogP contribution >= 0.6 is 0 Å². The lowest BCUT2D eigenvalue weighted by Gasteiger charge is -2.14. The number of hydrogen-bond acceptors (Lipinski definition) is 6. The van der Waals surface area contributed by atoms with Crippen molar-refractivity contribution in [3.63, 3.8) is 0 Å². The van der Waals surface area contributed by atoms with Gasteiger partial charge in [-0.1, -0.05) is 12.1 Å². The predicted octanol–water partition coefficient (Wildman–Crippen LogP) is 2.11. The maximum Gasteiger partial charge on any atom is 0.225 e. The number of ether oxygens (including phenoxy) is 3. The summed E-state index contributed by atoms with van der Waals surface area (Å²) in [7, 11) is 4.76. The van der Waals surface area contributed by atoms with E-state index in [0.717, 1.165) is 17.0 Å². The number of nitrogens with one attached hydrogen (secondary N) is 1. The first-order valence-electron chi connectivity index (χ1n) is 6.09. The van der Waals surface area contributed by atoms with Crippen LogP contribution in [-0.2, 0) is 6.54 Å². The Kier molecular flexibility index (Phi) is 4.60. The molecule has 1 heterocycles. The van der Waals surface area contributed by atoms with Crippen molar-refractivity contribution in [2.24, 2.45) is 0 Å². The zero-order valence-electron chi connectivity index (χ0n) is 11.7. The van der Waals surface area contributed by atoms with Crippen LogP contribution in [0.4, 0.5) is 5.69 Å². The molecule has 2 rings (SSSR count). The fourth-order valence-electron chi connectivity index (χ4n) is 1.86. The molecule has 6 heteroatoms. The van der Waals surface area contributed by atoms with Crippen LogP contribution in [0.1, 0.15) is 5.56 Å². The van der Waals surface area contributed by atoms with Crippen molar-refractivity contribution in [2.75, 3.05) is 26.6 Å². The SMILES string of the molecule is COc1ccccc1NCc1c(OC)ncnc1OC. The molecule has 0 saturated carbocycles. The largest absolute Gasteiger partial charge is 0.495 e. The van der Waals surface area contributed by atoms with Gasteiger partial charge in [-0.05, 0) is 12.1 Å². The Balaban J connectivity index is 2.22. The lowest BCUT2D eigenvalue weighted by molar-refractivity contribution is 0.363. The minimum atomic E-state index is 0.466. The van der Waals surface area contributed by atoms with E-state index >= 15 is 0 Å². The quantitative estimate of drug-likeness (QED) is 0.871. The monoisotopic (exact) mass is 275 g/mol. The molecule has 0 unspecified atom stereocenters. The zero-order valence-corrected chi connectivity index (χ0v) is 11.7. The van der Waals surface area contributed by atoms with Crippen molar-refractivity contribution in [3.8, 4) is 17.5 Å². The average Bonchev–Trinajstić information content (AvgIpc) is 2.52. The molecule has 0 atom stereocenters. The Morgan fingerprint density at radius 3 is 2.20 bits per heavy atom. The lowest BCUT2D eigenvalue weighted by Crippen LogP contribution is -2.07. The normalized spacial score (nSPS) is 9.95. The number of para-hydroxylation sites is 2. The van der Waals surface area contributed by atoms with Crippen molar-refractivity contribution in [1.29, 1.82) is 0 Å². The van der Waals surface area contributed by atoms with Gasteiger partial charge in [0.25, 0.3) is 0 Å². The van der Waals surface area contributed by atoms with Crippen LogP contribution in [0.3, 0.4) is 0 Å². The van der Waals surface area contributed by atoms with E-state index in [1.165, 1.54) is 6.33 Å². The number of nitrogens with zero attached hydrogens (tertiary/aromatic N) is 2. The topological polar surface area (TPSA) is 65.5 Å².